The molecule has 0 radical (unpaired) electrons. The fraction of sp³-hybridized carbons (Fsp3) is 0.450. The third-order valence-corrected chi connectivity index (χ3v) is 5.77. The summed E-state index contributed by atoms with van der Waals surface area (Å²) in [5.41, 5.74) is 3.59. The molecule has 0 unspecified atom stereocenters. The number of thioether (sulfide) groups is 1. The van der Waals surface area contributed by atoms with Gasteiger partial charge in [-0.2, -0.15) is 5.10 Å². The Morgan fingerprint density at radius 2 is 2.15 bits per heavy atom. The minimum absolute atomic E-state index is 0.248. The first-order valence-corrected chi connectivity index (χ1v) is 10.4. The van der Waals surface area contributed by atoms with Gasteiger partial charge in [0.05, 0.1) is 18.3 Å². The SMILES string of the molecule is Cc1cccc(CSc2nnc(Cn3ccc(C)n3)n2C[C@H]2CCCO2)c1. The molecule has 27 heavy (non-hydrogen) atoms. The van der Waals surface area contributed by atoms with E-state index in [4.69, 9.17) is 4.74 Å². The van der Waals surface area contributed by atoms with Gasteiger partial charge in [0.2, 0.25) is 0 Å². The second-order valence-electron chi connectivity index (χ2n) is 7.08. The highest BCUT2D eigenvalue weighted by Crippen LogP contribution is 2.25. The minimum Gasteiger partial charge on any atom is -0.376 e. The van der Waals surface area contributed by atoms with Crippen LogP contribution < -0.4 is 0 Å². The summed E-state index contributed by atoms with van der Waals surface area (Å²) in [6, 6.07) is 10.6. The fourth-order valence-electron chi connectivity index (χ4n) is 3.36. The molecule has 1 aliphatic heterocycles. The van der Waals surface area contributed by atoms with Gasteiger partial charge >= 0.3 is 0 Å². The molecule has 0 N–H and O–H groups in total. The van der Waals surface area contributed by atoms with E-state index >= 15 is 0 Å². The molecule has 3 heterocycles. The molecule has 1 atom stereocenters. The number of benzene rings is 1. The Morgan fingerprint density at radius 1 is 1.22 bits per heavy atom. The molecule has 0 amide bonds. The van der Waals surface area contributed by atoms with Gasteiger partial charge in [-0.1, -0.05) is 41.6 Å². The second-order valence-corrected chi connectivity index (χ2v) is 8.02. The topological polar surface area (TPSA) is 57.8 Å². The third-order valence-electron chi connectivity index (χ3n) is 4.73. The molecule has 1 saturated heterocycles. The van der Waals surface area contributed by atoms with Crippen LogP contribution in [-0.4, -0.2) is 37.3 Å². The summed E-state index contributed by atoms with van der Waals surface area (Å²) < 4.78 is 9.99. The van der Waals surface area contributed by atoms with Crippen molar-refractivity contribution in [1.29, 1.82) is 0 Å². The molecule has 1 aromatic carbocycles. The lowest BCUT2D eigenvalue weighted by molar-refractivity contribution is 0.0940. The van der Waals surface area contributed by atoms with Gasteiger partial charge in [-0.3, -0.25) is 4.68 Å². The third kappa shape index (κ3) is 4.59. The van der Waals surface area contributed by atoms with Crippen LogP contribution in [0.5, 0.6) is 0 Å². The highest BCUT2D eigenvalue weighted by atomic mass is 32.2. The largest absolute Gasteiger partial charge is 0.376 e. The lowest BCUT2D eigenvalue weighted by atomic mass is 10.2. The van der Waals surface area contributed by atoms with Crippen LogP contribution in [0.1, 0.15) is 35.5 Å². The maximum absolute atomic E-state index is 5.86. The van der Waals surface area contributed by atoms with Gasteiger partial charge in [-0.25, -0.2) is 0 Å². The van der Waals surface area contributed by atoms with Gasteiger partial charge < -0.3 is 9.30 Å². The van der Waals surface area contributed by atoms with Crippen molar-refractivity contribution in [3.8, 4) is 0 Å². The summed E-state index contributed by atoms with van der Waals surface area (Å²) in [6.07, 6.45) is 4.46. The zero-order valence-corrected chi connectivity index (χ0v) is 16.7. The van der Waals surface area contributed by atoms with Crippen molar-refractivity contribution in [2.45, 2.75) is 56.8 Å². The van der Waals surface area contributed by atoms with Crippen molar-refractivity contribution in [3.63, 3.8) is 0 Å². The van der Waals surface area contributed by atoms with Gasteiger partial charge in [0.15, 0.2) is 11.0 Å². The summed E-state index contributed by atoms with van der Waals surface area (Å²) in [5, 5.41) is 14.4. The zero-order valence-electron chi connectivity index (χ0n) is 15.8. The molecule has 2 aromatic heterocycles. The number of aryl methyl sites for hydroxylation is 2. The molecule has 0 aliphatic carbocycles. The second kappa shape index (κ2) is 8.27. The Labute approximate surface area is 163 Å². The standard InChI is InChI=1S/C20H25N5OS/c1-15-5-3-6-17(11-15)14-27-20-22-21-19(13-24-9-8-16(2)23-24)25(20)12-18-7-4-10-26-18/h3,5-6,8-9,11,18H,4,7,10,12-14H2,1-2H3/t18-/m1/s1. The van der Waals surface area contributed by atoms with E-state index in [1.54, 1.807) is 11.8 Å². The van der Waals surface area contributed by atoms with Crippen LogP contribution >= 0.6 is 11.8 Å². The van der Waals surface area contributed by atoms with Gasteiger partial charge in [0.25, 0.3) is 0 Å². The maximum atomic E-state index is 5.86. The molecule has 1 aliphatic rings. The number of ether oxygens (including phenoxy) is 1. The first-order chi connectivity index (χ1) is 13.2. The summed E-state index contributed by atoms with van der Waals surface area (Å²) in [7, 11) is 0. The first-order valence-electron chi connectivity index (χ1n) is 9.39. The lowest BCUT2D eigenvalue weighted by Crippen LogP contribution is -2.19. The average molecular weight is 384 g/mol. The maximum Gasteiger partial charge on any atom is 0.191 e. The predicted octanol–water partition coefficient (Wildman–Crippen LogP) is 3.61. The van der Waals surface area contributed by atoms with Crippen molar-refractivity contribution < 1.29 is 4.74 Å². The van der Waals surface area contributed by atoms with Crippen molar-refractivity contribution >= 4 is 11.8 Å². The number of aromatic nitrogens is 5. The molecule has 0 spiro atoms. The number of nitrogens with zero attached hydrogens (tertiary/aromatic N) is 5. The van der Waals surface area contributed by atoms with Crippen molar-refractivity contribution in [2.75, 3.05) is 6.61 Å². The molecule has 7 heteroatoms. The Kier molecular flexibility index (Phi) is 5.59. The molecule has 3 aromatic rings. The fourth-order valence-corrected chi connectivity index (χ4v) is 4.27. The van der Waals surface area contributed by atoms with Crippen LogP contribution in [-0.2, 0) is 23.6 Å². The van der Waals surface area contributed by atoms with Crippen LogP contribution in [0.15, 0.2) is 41.7 Å². The van der Waals surface area contributed by atoms with Gasteiger partial charge in [-0.15, -0.1) is 10.2 Å². The monoisotopic (exact) mass is 383 g/mol. The molecule has 0 saturated carbocycles. The smallest absolute Gasteiger partial charge is 0.191 e. The Balaban J connectivity index is 1.53. The quantitative estimate of drug-likeness (QED) is 0.583. The zero-order chi connectivity index (χ0) is 18.6. The van der Waals surface area contributed by atoms with E-state index in [-0.39, 0.29) is 6.10 Å². The molecule has 142 valence electrons. The molecule has 0 bridgehead atoms. The normalized spacial score (nSPS) is 16.9. The van der Waals surface area contributed by atoms with E-state index in [2.05, 4.69) is 51.1 Å². The highest BCUT2D eigenvalue weighted by molar-refractivity contribution is 7.98. The molecule has 4 rings (SSSR count). The van der Waals surface area contributed by atoms with E-state index in [9.17, 15) is 0 Å². The van der Waals surface area contributed by atoms with Gasteiger partial charge in [-0.05, 0) is 38.3 Å². The van der Waals surface area contributed by atoms with Crippen molar-refractivity contribution in [3.05, 3.63) is 59.2 Å². The van der Waals surface area contributed by atoms with E-state index in [0.717, 1.165) is 48.4 Å². The van der Waals surface area contributed by atoms with Crippen LogP contribution in [0.3, 0.4) is 0 Å². The highest BCUT2D eigenvalue weighted by Gasteiger charge is 2.21. The van der Waals surface area contributed by atoms with Crippen LogP contribution in [0.4, 0.5) is 0 Å². The van der Waals surface area contributed by atoms with Gasteiger partial charge in [0.1, 0.15) is 6.54 Å². The van der Waals surface area contributed by atoms with Crippen molar-refractivity contribution in [1.82, 2.24) is 24.5 Å². The Morgan fingerprint density at radius 3 is 2.89 bits per heavy atom. The molecule has 1 fully saturated rings. The van der Waals surface area contributed by atoms with E-state index in [1.165, 1.54) is 11.1 Å². The summed E-state index contributed by atoms with van der Waals surface area (Å²) >= 11 is 1.73. The van der Waals surface area contributed by atoms with Crippen LogP contribution in [0, 0.1) is 13.8 Å². The lowest BCUT2D eigenvalue weighted by Gasteiger charge is -2.14. The number of rotatable bonds is 7. The average Bonchev–Trinajstić information content (AvgIpc) is 3.38. The molecular weight excluding hydrogens is 358 g/mol. The summed E-state index contributed by atoms with van der Waals surface area (Å²) in [6.45, 7) is 6.40. The summed E-state index contributed by atoms with van der Waals surface area (Å²) in [5.74, 6) is 1.81. The van der Waals surface area contributed by atoms with E-state index in [1.807, 2.05) is 23.9 Å². The predicted molar refractivity (Wildman–Crippen MR) is 106 cm³/mol. The summed E-state index contributed by atoms with van der Waals surface area (Å²) in [4.78, 5) is 0. The first kappa shape index (κ1) is 18.3. The van der Waals surface area contributed by atoms with Crippen LogP contribution in [0.25, 0.3) is 0 Å². The van der Waals surface area contributed by atoms with Crippen molar-refractivity contribution in [2.24, 2.45) is 0 Å². The Bertz CT molecular complexity index is 897. The molecular formula is C20H25N5OS. The number of hydrogen-bond acceptors (Lipinski definition) is 5. The molecule has 6 nitrogen and oxygen atoms in total. The number of hydrogen-bond donors (Lipinski definition) is 0. The Hall–Kier alpha value is -2.12. The van der Waals surface area contributed by atoms with Crippen LogP contribution in [0.2, 0.25) is 0 Å². The van der Waals surface area contributed by atoms with E-state index < -0.39 is 0 Å². The minimum atomic E-state index is 0.248. The van der Waals surface area contributed by atoms with Gasteiger partial charge in [0, 0.05) is 18.6 Å². The van der Waals surface area contributed by atoms with E-state index in [0.29, 0.717) is 6.54 Å².